The number of nitrogens with zero attached hydrogens (tertiary/aromatic N) is 2. The van der Waals surface area contributed by atoms with Gasteiger partial charge in [0.05, 0.1) is 11.2 Å². The van der Waals surface area contributed by atoms with Gasteiger partial charge < -0.3 is 9.73 Å². The summed E-state index contributed by atoms with van der Waals surface area (Å²) in [5, 5.41) is 2.64. The maximum atomic E-state index is 13.0. The summed E-state index contributed by atoms with van der Waals surface area (Å²) in [6.45, 7) is 0.663. The molecule has 2 aromatic carbocycles. The van der Waals surface area contributed by atoms with Gasteiger partial charge in [-0.3, -0.25) is 9.36 Å². The number of fused-ring (bicyclic) bond motifs is 1. The van der Waals surface area contributed by atoms with Gasteiger partial charge in [-0.1, -0.05) is 30.7 Å². The van der Waals surface area contributed by atoms with Gasteiger partial charge in [-0.15, -0.1) is 0 Å². The van der Waals surface area contributed by atoms with Crippen molar-refractivity contribution in [3.63, 3.8) is 0 Å². The maximum Gasteiger partial charge on any atom is 0.420 e. The Kier molecular flexibility index (Phi) is 5.25. The summed E-state index contributed by atoms with van der Waals surface area (Å²) in [5.41, 5.74) is 1.09. The van der Waals surface area contributed by atoms with Crippen molar-refractivity contribution in [1.82, 2.24) is 8.87 Å². The average molecular weight is 415 g/mol. The molecule has 0 aliphatic carbocycles. The molecule has 9 heteroatoms. The molecule has 1 aliphatic heterocycles. The first kappa shape index (κ1) is 19.4. The molecule has 1 N–H and O–H groups in total. The molecule has 1 aliphatic rings. The van der Waals surface area contributed by atoms with Gasteiger partial charge in [0.15, 0.2) is 5.58 Å². The highest BCUT2D eigenvalue weighted by Crippen LogP contribution is 2.27. The zero-order chi connectivity index (χ0) is 20.4. The second-order valence-corrected chi connectivity index (χ2v) is 8.84. The van der Waals surface area contributed by atoms with Crippen LogP contribution in [0.2, 0.25) is 0 Å². The summed E-state index contributed by atoms with van der Waals surface area (Å²) in [4.78, 5) is 24.7. The number of nitrogens with one attached hydrogen (secondary N) is 1. The molecule has 1 fully saturated rings. The lowest BCUT2D eigenvalue weighted by Crippen LogP contribution is -2.36. The third kappa shape index (κ3) is 3.83. The smallest absolute Gasteiger partial charge is 0.408 e. The number of sulfonamides is 1. The van der Waals surface area contributed by atoms with Gasteiger partial charge >= 0.3 is 5.76 Å². The first-order chi connectivity index (χ1) is 14.0. The topological polar surface area (TPSA) is 102 Å². The maximum absolute atomic E-state index is 13.0. The molecule has 4 rings (SSSR count). The van der Waals surface area contributed by atoms with Crippen molar-refractivity contribution in [1.29, 1.82) is 0 Å². The molecule has 152 valence electrons. The first-order valence-corrected chi connectivity index (χ1v) is 10.9. The zero-order valence-electron chi connectivity index (χ0n) is 15.7. The van der Waals surface area contributed by atoms with Crippen LogP contribution >= 0.6 is 0 Å². The molecule has 0 radical (unpaired) electrons. The van der Waals surface area contributed by atoms with E-state index >= 15 is 0 Å². The van der Waals surface area contributed by atoms with Crippen molar-refractivity contribution in [3.8, 4) is 0 Å². The standard InChI is InChI=1S/C20H21N3O5S/c24-19(14-23-16-9-3-4-10-17(16)28-20(23)25)21-15-8-2-5-11-18(15)29(26,27)22-12-6-1-7-13-22/h2-5,8-11H,1,6-7,12-14H2,(H,21,24). The molecule has 2 heterocycles. The van der Waals surface area contributed by atoms with E-state index in [1.54, 1.807) is 42.5 Å². The van der Waals surface area contributed by atoms with Crippen LogP contribution in [0.1, 0.15) is 19.3 Å². The SMILES string of the molecule is O=C(Cn1c(=O)oc2ccccc21)Nc1ccccc1S(=O)(=O)N1CCCCC1. The summed E-state index contributed by atoms with van der Waals surface area (Å²) in [5.74, 6) is -1.16. The summed E-state index contributed by atoms with van der Waals surface area (Å²) in [7, 11) is -3.71. The van der Waals surface area contributed by atoms with Gasteiger partial charge in [0.25, 0.3) is 0 Å². The highest BCUT2D eigenvalue weighted by molar-refractivity contribution is 7.89. The van der Waals surface area contributed by atoms with Crippen molar-refractivity contribution in [2.24, 2.45) is 0 Å². The summed E-state index contributed by atoms with van der Waals surface area (Å²) in [6.07, 6.45) is 2.66. The normalized spacial score (nSPS) is 15.4. The molecule has 1 saturated heterocycles. The Bertz CT molecular complexity index is 1210. The molecule has 0 unspecified atom stereocenters. The molecule has 3 aromatic rings. The van der Waals surface area contributed by atoms with Gasteiger partial charge in [0, 0.05) is 13.1 Å². The first-order valence-electron chi connectivity index (χ1n) is 9.44. The van der Waals surface area contributed by atoms with E-state index in [4.69, 9.17) is 4.42 Å². The number of hydrogen-bond donors (Lipinski definition) is 1. The number of aromatic nitrogens is 1. The average Bonchev–Trinajstić information content (AvgIpc) is 3.04. The van der Waals surface area contributed by atoms with E-state index < -0.39 is 21.7 Å². The molecule has 0 saturated carbocycles. The Balaban J connectivity index is 1.59. The number of amides is 1. The Morgan fingerprint density at radius 1 is 1.00 bits per heavy atom. The largest absolute Gasteiger partial charge is 0.420 e. The fourth-order valence-corrected chi connectivity index (χ4v) is 5.20. The van der Waals surface area contributed by atoms with Crippen molar-refractivity contribution in [2.45, 2.75) is 30.7 Å². The predicted octanol–water partition coefficient (Wildman–Crippen LogP) is 2.41. The number of rotatable bonds is 5. The third-order valence-electron chi connectivity index (χ3n) is 4.97. The van der Waals surface area contributed by atoms with Gasteiger partial charge in [-0.25, -0.2) is 13.2 Å². The minimum Gasteiger partial charge on any atom is -0.408 e. The van der Waals surface area contributed by atoms with E-state index in [9.17, 15) is 18.0 Å². The molecule has 1 amide bonds. The van der Waals surface area contributed by atoms with Crippen molar-refractivity contribution < 1.29 is 17.6 Å². The lowest BCUT2D eigenvalue weighted by molar-refractivity contribution is -0.116. The number of carbonyl (C=O) groups is 1. The van der Waals surface area contributed by atoms with E-state index in [1.165, 1.54) is 14.9 Å². The van der Waals surface area contributed by atoms with Gasteiger partial charge in [0.1, 0.15) is 11.4 Å². The van der Waals surface area contributed by atoms with Crippen LogP contribution in [0.15, 0.2) is 62.6 Å². The summed E-state index contributed by atoms with van der Waals surface area (Å²) >= 11 is 0. The number of carbonyl (C=O) groups excluding carboxylic acids is 1. The van der Waals surface area contributed by atoms with E-state index in [0.717, 1.165) is 19.3 Å². The van der Waals surface area contributed by atoms with E-state index in [0.29, 0.717) is 24.2 Å². The molecule has 0 spiro atoms. The Morgan fingerprint density at radius 3 is 2.48 bits per heavy atom. The van der Waals surface area contributed by atoms with Crippen LogP contribution in [-0.4, -0.2) is 36.3 Å². The van der Waals surface area contributed by atoms with Crippen molar-refractivity contribution in [3.05, 3.63) is 59.1 Å². The number of para-hydroxylation sites is 3. The molecule has 29 heavy (non-hydrogen) atoms. The molecule has 0 atom stereocenters. The van der Waals surface area contributed by atoms with Gasteiger partial charge in [-0.05, 0) is 37.1 Å². The fourth-order valence-electron chi connectivity index (χ4n) is 3.54. The zero-order valence-corrected chi connectivity index (χ0v) is 16.5. The third-order valence-corrected chi connectivity index (χ3v) is 6.93. The van der Waals surface area contributed by atoms with Crippen LogP contribution in [0.5, 0.6) is 0 Å². The monoisotopic (exact) mass is 415 g/mol. The molecule has 0 bridgehead atoms. The second kappa shape index (κ2) is 7.84. The molecular weight excluding hydrogens is 394 g/mol. The van der Waals surface area contributed by atoms with Crippen molar-refractivity contribution >= 4 is 32.7 Å². The number of anilines is 1. The minimum atomic E-state index is -3.71. The van der Waals surface area contributed by atoms with Crippen LogP contribution in [0, 0.1) is 0 Å². The highest BCUT2D eigenvalue weighted by Gasteiger charge is 2.28. The fraction of sp³-hybridized carbons (Fsp3) is 0.300. The predicted molar refractivity (Wildman–Crippen MR) is 108 cm³/mol. The molecule has 1 aromatic heterocycles. The van der Waals surface area contributed by atoms with Crippen LogP contribution in [-0.2, 0) is 21.4 Å². The Hall–Kier alpha value is -2.91. The lowest BCUT2D eigenvalue weighted by atomic mass is 10.2. The number of oxazole rings is 1. The van der Waals surface area contributed by atoms with Gasteiger partial charge in [0.2, 0.25) is 15.9 Å². The summed E-state index contributed by atoms with van der Waals surface area (Å²) in [6, 6.07) is 13.1. The highest BCUT2D eigenvalue weighted by atomic mass is 32.2. The quantitative estimate of drug-likeness (QED) is 0.690. The van der Waals surface area contributed by atoms with Crippen LogP contribution in [0.25, 0.3) is 11.1 Å². The second-order valence-electron chi connectivity index (χ2n) is 6.93. The molecule has 8 nitrogen and oxygen atoms in total. The molecular formula is C20H21N3O5S. The summed E-state index contributed by atoms with van der Waals surface area (Å²) < 4.78 is 33.9. The number of piperidine rings is 1. The Labute approximate surface area is 167 Å². The number of hydrogen-bond acceptors (Lipinski definition) is 5. The van der Waals surface area contributed by atoms with Crippen LogP contribution in [0.3, 0.4) is 0 Å². The van der Waals surface area contributed by atoms with E-state index in [-0.39, 0.29) is 17.1 Å². The lowest BCUT2D eigenvalue weighted by Gasteiger charge is -2.26. The van der Waals surface area contributed by atoms with E-state index in [1.807, 2.05) is 0 Å². The van der Waals surface area contributed by atoms with Crippen LogP contribution < -0.4 is 11.1 Å². The number of benzene rings is 2. The van der Waals surface area contributed by atoms with Crippen LogP contribution in [0.4, 0.5) is 5.69 Å². The van der Waals surface area contributed by atoms with E-state index in [2.05, 4.69) is 5.32 Å². The minimum absolute atomic E-state index is 0.0552. The van der Waals surface area contributed by atoms with Gasteiger partial charge in [-0.2, -0.15) is 4.31 Å². The van der Waals surface area contributed by atoms with Crippen molar-refractivity contribution in [2.75, 3.05) is 18.4 Å². The Morgan fingerprint density at radius 2 is 1.69 bits per heavy atom.